The molecule has 1 N–H and O–H groups in total. The molecule has 4 heteroatoms. The molecule has 0 amide bonds. The average molecular weight is 273 g/mol. The number of aryl methyl sites for hydroxylation is 3. The third-order valence-electron chi connectivity index (χ3n) is 2.71. The van der Waals surface area contributed by atoms with Crippen LogP contribution in [-0.2, 0) is 0 Å². The van der Waals surface area contributed by atoms with Gasteiger partial charge in [0.2, 0.25) is 0 Å². The van der Waals surface area contributed by atoms with Crippen LogP contribution < -0.4 is 0 Å². The lowest BCUT2D eigenvalue weighted by Crippen LogP contribution is -1.97. The molecule has 0 unspecified atom stereocenters. The van der Waals surface area contributed by atoms with Crippen molar-refractivity contribution in [2.75, 3.05) is 0 Å². The van der Waals surface area contributed by atoms with Crippen molar-refractivity contribution >= 4 is 17.7 Å². The Labute approximate surface area is 116 Å². The van der Waals surface area contributed by atoms with E-state index in [2.05, 4.69) is 4.98 Å². The van der Waals surface area contributed by atoms with Crippen LogP contribution in [-0.4, -0.2) is 16.1 Å². The third-order valence-corrected chi connectivity index (χ3v) is 3.81. The van der Waals surface area contributed by atoms with Crippen molar-refractivity contribution in [3.05, 3.63) is 52.7 Å². The molecule has 1 heterocycles. The number of nitrogens with zero attached hydrogens (tertiary/aromatic N) is 1. The molecule has 2 aromatic rings. The van der Waals surface area contributed by atoms with Gasteiger partial charge in [-0.3, -0.25) is 0 Å². The Kier molecular flexibility index (Phi) is 3.90. The molecule has 0 radical (unpaired) electrons. The maximum Gasteiger partial charge on any atom is 0.335 e. The SMILES string of the molecule is Cc1cc(C)nc(Sc2ccc(C(=O)O)cc2C)c1. The van der Waals surface area contributed by atoms with Gasteiger partial charge in [-0.2, -0.15) is 0 Å². The Balaban J connectivity index is 2.30. The van der Waals surface area contributed by atoms with Crippen LogP contribution in [0.15, 0.2) is 40.3 Å². The zero-order chi connectivity index (χ0) is 14.0. The van der Waals surface area contributed by atoms with Crippen molar-refractivity contribution in [2.45, 2.75) is 30.7 Å². The second kappa shape index (κ2) is 5.45. The van der Waals surface area contributed by atoms with E-state index >= 15 is 0 Å². The molecule has 0 aliphatic carbocycles. The molecule has 0 aliphatic rings. The smallest absolute Gasteiger partial charge is 0.335 e. The molecular formula is C15H15NO2S. The Bertz CT molecular complexity index is 618. The summed E-state index contributed by atoms with van der Waals surface area (Å²) < 4.78 is 0. The monoisotopic (exact) mass is 273 g/mol. The molecule has 0 atom stereocenters. The van der Waals surface area contributed by atoms with E-state index in [1.165, 1.54) is 5.56 Å². The van der Waals surface area contributed by atoms with Crippen molar-refractivity contribution in [2.24, 2.45) is 0 Å². The van der Waals surface area contributed by atoms with E-state index < -0.39 is 5.97 Å². The number of carbonyl (C=O) groups is 1. The molecule has 3 nitrogen and oxygen atoms in total. The molecular weight excluding hydrogens is 258 g/mol. The van der Waals surface area contributed by atoms with Gasteiger partial charge in [-0.1, -0.05) is 11.8 Å². The van der Waals surface area contributed by atoms with Crippen LogP contribution in [0.1, 0.15) is 27.2 Å². The molecule has 1 aromatic carbocycles. The Morgan fingerprint density at radius 2 is 1.89 bits per heavy atom. The topological polar surface area (TPSA) is 50.2 Å². The number of hydrogen-bond donors (Lipinski definition) is 1. The van der Waals surface area contributed by atoms with Crippen molar-refractivity contribution in [1.82, 2.24) is 4.98 Å². The first-order valence-electron chi connectivity index (χ1n) is 5.93. The molecule has 98 valence electrons. The van der Waals surface area contributed by atoms with Crippen LogP contribution in [0, 0.1) is 20.8 Å². The summed E-state index contributed by atoms with van der Waals surface area (Å²) in [6.45, 7) is 5.92. The number of aromatic carboxylic acids is 1. The predicted molar refractivity (Wildman–Crippen MR) is 76.0 cm³/mol. The van der Waals surface area contributed by atoms with E-state index in [0.29, 0.717) is 5.56 Å². The van der Waals surface area contributed by atoms with Crippen LogP contribution in [0.2, 0.25) is 0 Å². The highest BCUT2D eigenvalue weighted by Gasteiger charge is 2.08. The van der Waals surface area contributed by atoms with E-state index in [1.807, 2.05) is 39.0 Å². The minimum absolute atomic E-state index is 0.315. The van der Waals surface area contributed by atoms with Gasteiger partial charge in [0.15, 0.2) is 0 Å². The van der Waals surface area contributed by atoms with Crippen molar-refractivity contribution < 1.29 is 9.90 Å². The van der Waals surface area contributed by atoms with Gasteiger partial charge in [0.05, 0.1) is 5.56 Å². The molecule has 0 fully saturated rings. The van der Waals surface area contributed by atoms with Gasteiger partial charge in [-0.05, 0) is 62.2 Å². The second-order valence-corrected chi connectivity index (χ2v) is 5.57. The fraction of sp³-hybridized carbons (Fsp3) is 0.200. The van der Waals surface area contributed by atoms with E-state index in [0.717, 1.165) is 21.2 Å². The van der Waals surface area contributed by atoms with Gasteiger partial charge in [0.1, 0.15) is 5.03 Å². The highest BCUT2D eigenvalue weighted by atomic mass is 32.2. The summed E-state index contributed by atoms with van der Waals surface area (Å²) in [4.78, 5) is 16.4. The summed E-state index contributed by atoms with van der Waals surface area (Å²) in [5.41, 5.74) is 3.43. The van der Waals surface area contributed by atoms with Crippen LogP contribution >= 0.6 is 11.8 Å². The van der Waals surface area contributed by atoms with Gasteiger partial charge in [0, 0.05) is 10.6 Å². The Hall–Kier alpha value is -1.81. The largest absolute Gasteiger partial charge is 0.478 e. The fourth-order valence-electron chi connectivity index (χ4n) is 1.87. The lowest BCUT2D eigenvalue weighted by atomic mass is 10.1. The van der Waals surface area contributed by atoms with Crippen LogP contribution in [0.5, 0.6) is 0 Å². The van der Waals surface area contributed by atoms with Crippen LogP contribution in [0.25, 0.3) is 0 Å². The number of pyridine rings is 1. The number of rotatable bonds is 3. The molecule has 2 rings (SSSR count). The molecule has 0 saturated carbocycles. The molecule has 0 aliphatic heterocycles. The fourth-order valence-corrected chi connectivity index (χ4v) is 2.88. The molecule has 19 heavy (non-hydrogen) atoms. The van der Waals surface area contributed by atoms with E-state index in [4.69, 9.17) is 5.11 Å². The first kappa shape index (κ1) is 13.6. The molecule has 0 spiro atoms. The predicted octanol–water partition coefficient (Wildman–Crippen LogP) is 3.86. The zero-order valence-electron chi connectivity index (χ0n) is 11.1. The van der Waals surface area contributed by atoms with Crippen LogP contribution in [0.4, 0.5) is 0 Å². The van der Waals surface area contributed by atoms with Gasteiger partial charge in [-0.25, -0.2) is 9.78 Å². The summed E-state index contributed by atoms with van der Waals surface area (Å²) in [6.07, 6.45) is 0. The highest BCUT2D eigenvalue weighted by Crippen LogP contribution is 2.30. The van der Waals surface area contributed by atoms with Crippen LogP contribution in [0.3, 0.4) is 0 Å². The van der Waals surface area contributed by atoms with Gasteiger partial charge in [-0.15, -0.1) is 0 Å². The summed E-state index contributed by atoms with van der Waals surface area (Å²) >= 11 is 1.56. The number of benzene rings is 1. The standard InChI is InChI=1S/C15H15NO2S/c1-9-6-11(3)16-14(7-9)19-13-5-4-12(15(17)18)8-10(13)2/h4-8H,1-3H3,(H,17,18). The molecule has 1 aromatic heterocycles. The van der Waals surface area contributed by atoms with Crippen molar-refractivity contribution in [3.8, 4) is 0 Å². The number of carboxylic acid groups (broad SMARTS) is 1. The number of aromatic nitrogens is 1. The van der Waals surface area contributed by atoms with E-state index in [-0.39, 0.29) is 0 Å². The third kappa shape index (κ3) is 3.35. The number of carboxylic acids is 1. The average Bonchev–Trinajstić information content (AvgIpc) is 2.30. The van der Waals surface area contributed by atoms with Gasteiger partial charge in [0.25, 0.3) is 0 Å². The zero-order valence-corrected chi connectivity index (χ0v) is 11.9. The Morgan fingerprint density at radius 1 is 1.16 bits per heavy atom. The lowest BCUT2D eigenvalue weighted by Gasteiger charge is -2.07. The maximum absolute atomic E-state index is 10.9. The molecule has 0 bridgehead atoms. The van der Waals surface area contributed by atoms with Crippen molar-refractivity contribution in [3.63, 3.8) is 0 Å². The minimum atomic E-state index is -0.899. The van der Waals surface area contributed by atoms with Gasteiger partial charge >= 0.3 is 5.97 Å². The normalized spacial score (nSPS) is 10.5. The molecule has 0 saturated heterocycles. The summed E-state index contributed by atoms with van der Waals surface area (Å²) in [5, 5.41) is 9.88. The summed E-state index contributed by atoms with van der Waals surface area (Å²) in [5.74, 6) is -0.899. The minimum Gasteiger partial charge on any atom is -0.478 e. The van der Waals surface area contributed by atoms with E-state index in [1.54, 1.807) is 23.9 Å². The maximum atomic E-state index is 10.9. The first-order chi connectivity index (χ1) is 8.95. The van der Waals surface area contributed by atoms with E-state index in [9.17, 15) is 4.79 Å². The first-order valence-corrected chi connectivity index (χ1v) is 6.74. The lowest BCUT2D eigenvalue weighted by molar-refractivity contribution is 0.0696. The van der Waals surface area contributed by atoms with Crippen molar-refractivity contribution in [1.29, 1.82) is 0 Å². The highest BCUT2D eigenvalue weighted by molar-refractivity contribution is 7.99. The Morgan fingerprint density at radius 3 is 2.47 bits per heavy atom. The van der Waals surface area contributed by atoms with Gasteiger partial charge < -0.3 is 5.11 Å². The summed E-state index contributed by atoms with van der Waals surface area (Å²) in [6, 6.07) is 9.21. The quantitative estimate of drug-likeness (QED) is 0.922. The summed E-state index contributed by atoms with van der Waals surface area (Å²) in [7, 11) is 0. The number of hydrogen-bond acceptors (Lipinski definition) is 3. The second-order valence-electron chi connectivity index (χ2n) is 4.51.